The minimum atomic E-state index is -3.69. The van der Waals surface area contributed by atoms with Crippen molar-refractivity contribution in [2.75, 3.05) is 24.6 Å². The maximum Gasteiger partial charge on any atom is 0.243 e. The van der Waals surface area contributed by atoms with E-state index in [2.05, 4.69) is 22.0 Å². The molecule has 172 valence electrons. The van der Waals surface area contributed by atoms with Crippen molar-refractivity contribution in [3.8, 4) is 5.75 Å². The summed E-state index contributed by atoms with van der Waals surface area (Å²) in [7, 11) is -3.69. The van der Waals surface area contributed by atoms with E-state index >= 15 is 0 Å². The van der Waals surface area contributed by atoms with Gasteiger partial charge in [-0.05, 0) is 87.6 Å². The smallest absolute Gasteiger partial charge is 0.243 e. The lowest BCUT2D eigenvalue weighted by molar-refractivity contribution is -0.123. The second-order valence-corrected chi connectivity index (χ2v) is 11.5. The summed E-state index contributed by atoms with van der Waals surface area (Å²) in [5, 5.41) is 0. The van der Waals surface area contributed by atoms with Gasteiger partial charge in [0.05, 0.1) is 17.4 Å². The Morgan fingerprint density at radius 1 is 1.22 bits per heavy atom. The molecule has 8 heteroatoms. The normalized spacial score (nSPS) is 21.4. The molecule has 1 saturated heterocycles. The summed E-state index contributed by atoms with van der Waals surface area (Å²) in [6.07, 6.45) is 2.17. The number of fused-ring (bicyclic) bond motifs is 1. The number of carbonyl (C=O) groups is 1. The van der Waals surface area contributed by atoms with E-state index in [1.165, 1.54) is 4.31 Å². The van der Waals surface area contributed by atoms with Gasteiger partial charge in [0.25, 0.3) is 0 Å². The highest BCUT2D eigenvalue weighted by molar-refractivity contribution is 9.10. The van der Waals surface area contributed by atoms with E-state index in [1.54, 1.807) is 18.2 Å². The first-order chi connectivity index (χ1) is 15.2. The van der Waals surface area contributed by atoms with Crippen LogP contribution in [-0.4, -0.2) is 44.4 Å². The van der Waals surface area contributed by atoms with Crippen LogP contribution in [0.2, 0.25) is 0 Å². The summed E-state index contributed by atoms with van der Waals surface area (Å²) >= 11 is 3.50. The van der Waals surface area contributed by atoms with Gasteiger partial charge >= 0.3 is 0 Å². The number of benzene rings is 2. The Balaban J connectivity index is 1.55. The van der Waals surface area contributed by atoms with Gasteiger partial charge in [-0.25, -0.2) is 8.42 Å². The maximum absolute atomic E-state index is 13.5. The van der Waals surface area contributed by atoms with E-state index in [4.69, 9.17) is 4.74 Å². The zero-order valence-electron chi connectivity index (χ0n) is 18.7. The number of piperidine rings is 1. The molecule has 2 aliphatic heterocycles. The number of rotatable bonds is 5. The van der Waals surface area contributed by atoms with Crippen LogP contribution in [0.15, 0.2) is 45.8 Å². The number of aryl methyl sites for hydroxylation is 1. The minimum Gasteiger partial charge on any atom is -0.494 e. The second kappa shape index (κ2) is 9.15. The lowest BCUT2D eigenvalue weighted by atomic mass is 9.97. The molecule has 1 fully saturated rings. The Morgan fingerprint density at radius 2 is 2.00 bits per heavy atom. The van der Waals surface area contributed by atoms with Gasteiger partial charge in [0.2, 0.25) is 15.9 Å². The number of anilines is 1. The van der Waals surface area contributed by atoms with Crippen LogP contribution in [0.4, 0.5) is 5.69 Å². The van der Waals surface area contributed by atoms with Crippen molar-refractivity contribution in [3.05, 3.63) is 52.0 Å². The van der Waals surface area contributed by atoms with Gasteiger partial charge in [-0.3, -0.25) is 4.79 Å². The van der Waals surface area contributed by atoms with E-state index < -0.39 is 10.0 Å². The molecule has 6 nitrogen and oxygen atoms in total. The molecule has 0 radical (unpaired) electrons. The number of nitrogens with zero attached hydrogens (tertiary/aromatic N) is 2. The summed E-state index contributed by atoms with van der Waals surface area (Å²) in [5.41, 5.74) is 2.87. The number of ether oxygens (including phenoxy) is 1. The van der Waals surface area contributed by atoms with Crippen molar-refractivity contribution in [3.63, 3.8) is 0 Å². The Labute approximate surface area is 198 Å². The van der Waals surface area contributed by atoms with Crippen LogP contribution in [0.5, 0.6) is 5.75 Å². The molecule has 0 bridgehead atoms. The molecule has 2 aromatic carbocycles. The van der Waals surface area contributed by atoms with Gasteiger partial charge < -0.3 is 9.64 Å². The fourth-order valence-corrected chi connectivity index (χ4v) is 6.76. The molecular weight excluding hydrogens is 492 g/mol. The van der Waals surface area contributed by atoms with E-state index in [0.717, 1.165) is 27.7 Å². The third kappa shape index (κ3) is 4.32. The van der Waals surface area contributed by atoms with E-state index in [1.807, 2.05) is 37.8 Å². The molecule has 2 heterocycles. The Morgan fingerprint density at radius 3 is 2.72 bits per heavy atom. The quantitative estimate of drug-likeness (QED) is 0.580. The standard InChI is InChI=1S/C24H29BrN2O4S/c1-4-31-23-10-8-21(12-16(23)2)32(29,30)26-11-5-6-18(15-26)24(28)27-17(3)13-19-14-20(25)7-9-22(19)27/h7-10,12,14,17-18H,4-6,11,13,15H2,1-3H3/t17-,18+/m0/s1. The lowest BCUT2D eigenvalue weighted by Gasteiger charge is -2.34. The molecule has 2 atom stereocenters. The van der Waals surface area contributed by atoms with Gasteiger partial charge in [0.15, 0.2) is 0 Å². The Kier molecular flexibility index (Phi) is 6.66. The number of carbonyl (C=O) groups excluding carboxylic acids is 1. The van der Waals surface area contributed by atoms with E-state index in [-0.39, 0.29) is 29.3 Å². The molecule has 0 saturated carbocycles. The largest absolute Gasteiger partial charge is 0.494 e. The van der Waals surface area contributed by atoms with Crippen molar-refractivity contribution in [1.82, 2.24) is 4.31 Å². The first-order valence-electron chi connectivity index (χ1n) is 11.1. The minimum absolute atomic E-state index is 0.0151. The fraction of sp³-hybridized carbons (Fsp3) is 0.458. The monoisotopic (exact) mass is 520 g/mol. The van der Waals surface area contributed by atoms with Gasteiger partial charge in [0, 0.05) is 29.3 Å². The van der Waals surface area contributed by atoms with Gasteiger partial charge in [-0.15, -0.1) is 0 Å². The second-order valence-electron chi connectivity index (χ2n) is 8.60. The zero-order valence-corrected chi connectivity index (χ0v) is 21.1. The fourth-order valence-electron chi connectivity index (χ4n) is 4.74. The SMILES string of the molecule is CCOc1ccc(S(=O)(=O)N2CCC[C@@H](C(=O)N3c4ccc(Br)cc4C[C@@H]3C)C2)cc1C. The molecule has 0 aliphatic carbocycles. The van der Waals surface area contributed by atoms with Crippen LogP contribution in [0.1, 0.15) is 37.8 Å². The van der Waals surface area contributed by atoms with Crippen LogP contribution in [0, 0.1) is 12.8 Å². The molecule has 32 heavy (non-hydrogen) atoms. The van der Waals surface area contributed by atoms with Crippen LogP contribution >= 0.6 is 15.9 Å². The van der Waals surface area contributed by atoms with E-state index in [9.17, 15) is 13.2 Å². The molecule has 0 unspecified atom stereocenters. The topological polar surface area (TPSA) is 66.9 Å². The molecule has 0 N–H and O–H groups in total. The maximum atomic E-state index is 13.5. The summed E-state index contributed by atoms with van der Waals surface area (Å²) in [6, 6.07) is 11.0. The summed E-state index contributed by atoms with van der Waals surface area (Å²) in [5.74, 6) is 0.354. The van der Waals surface area contributed by atoms with Gasteiger partial charge in [-0.2, -0.15) is 4.31 Å². The predicted molar refractivity (Wildman–Crippen MR) is 129 cm³/mol. The van der Waals surface area contributed by atoms with Crippen LogP contribution in [0.3, 0.4) is 0 Å². The van der Waals surface area contributed by atoms with Crippen molar-refractivity contribution in [2.24, 2.45) is 5.92 Å². The van der Waals surface area contributed by atoms with Crippen LogP contribution in [-0.2, 0) is 21.2 Å². The number of halogens is 1. The number of sulfonamides is 1. The van der Waals surface area contributed by atoms with Crippen LogP contribution in [0.25, 0.3) is 0 Å². The molecule has 4 rings (SSSR count). The number of hydrogen-bond donors (Lipinski definition) is 0. The molecule has 0 aromatic heterocycles. The number of hydrogen-bond acceptors (Lipinski definition) is 4. The molecule has 1 amide bonds. The van der Waals surface area contributed by atoms with Crippen molar-refractivity contribution >= 4 is 37.5 Å². The summed E-state index contributed by atoms with van der Waals surface area (Å²) in [6.45, 7) is 6.95. The third-order valence-electron chi connectivity index (χ3n) is 6.31. The average Bonchev–Trinajstić information content (AvgIpc) is 3.09. The summed E-state index contributed by atoms with van der Waals surface area (Å²) in [4.78, 5) is 15.6. The Hall–Kier alpha value is -1.90. The first kappa shape index (κ1) is 23.3. The van der Waals surface area contributed by atoms with Crippen molar-refractivity contribution in [1.29, 1.82) is 0 Å². The molecular formula is C24H29BrN2O4S. The average molecular weight is 521 g/mol. The molecule has 0 spiro atoms. The predicted octanol–water partition coefficient (Wildman–Crippen LogP) is 4.53. The molecule has 2 aliphatic rings. The van der Waals surface area contributed by atoms with Crippen LogP contribution < -0.4 is 9.64 Å². The van der Waals surface area contributed by atoms with Gasteiger partial charge in [-0.1, -0.05) is 15.9 Å². The van der Waals surface area contributed by atoms with Crippen molar-refractivity contribution < 1.29 is 17.9 Å². The third-order valence-corrected chi connectivity index (χ3v) is 8.67. The van der Waals surface area contributed by atoms with E-state index in [0.29, 0.717) is 31.7 Å². The highest BCUT2D eigenvalue weighted by Crippen LogP contribution is 2.36. The highest BCUT2D eigenvalue weighted by atomic mass is 79.9. The summed E-state index contributed by atoms with van der Waals surface area (Å²) < 4.78 is 34.7. The van der Waals surface area contributed by atoms with Gasteiger partial charge in [0.1, 0.15) is 5.75 Å². The first-order valence-corrected chi connectivity index (χ1v) is 13.3. The highest BCUT2D eigenvalue weighted by Gasteiger charge is 2.39. The lowest BCUT2D eigenvalue weighted by Crippen LogP contribution is -2.48. The zero-order chi connectivity index (χ0) is 23.0. The Bertz CT molecular complexity index is 1130. The van der Waals surface area contributed by atoms with Crippen molar-refractivity contribution in [2.45, 2.75) is 51.0 Å². The number of amides is 1. The molecule has 2 aromatic rings.